The molecule has 0 N–H and O–H groups in total. The predicted octanol–water partition coefficient (Wildman–Crippen LogP) is 4.72. The third-order valence-corrected chi connectivity index (χ3v) is 7.13. The fraction of sp³-hybridized carbons (Fsp3) is 0.364. The van der Waals surface area contributed by atoms with Gasteiger partial charge in [-0.05, 0) is 77.9 Å². The zero-order chi connectivity index (χ0) is 31.4. The zero-order valence-electron chi connectivity index (χ0n) is 26.1. The van der Waals surface area contributed by atoms with Crippen molar-refractivity contribution in [2.75, 3.05) is 19.8 Å². The molecule has 4 aromatic rings. The van der Waals surface area contributed by atoms with Crippen LogP contribution in [0.15, 0.2) is 69.6 Å². The van der Waals surface area contributed by atoms with Crippen molar-refractivity contribution in [2.45, 2.75) is 58.2 Å². The van der Waals surface area contributed by atoms with E-state index in [1.54, 1.807) is 0 Å². The zero-order valence-corrected chi connectivity index (χ0v) is 26.1. The summed E-state index contributed by atoms with van der Waals surface area (Å²) in [5.41, 5.74) is 2.40. The average molecular weight is 604 g/mol. The van der Waals surface area contributed by atoms with Gasteiger partial charge in [0.2, 0.25) is 17.7 Å². The van der Waals surface area contributed by atoms with Gasteiger partial charge in [-0.25, -0.2) is 44.9 Å². The largest absolute Gasteiger partial charge is 0.474 e. The molecule has 3 aliphatic rings. The van der Waals surface area contributed by atoms with Crippen LogP contribution in [-0.4, -0.2) is 84.0 Å². The lowest BCUT2D eigenvalue weighted by atomic mass is 10.1. The number of aliphatic imine (C=N–C) groups is 3. The van der Waals surface area contributed by atoms with Crippen molar-refractivity contribution in [3.63, 3.8) is 0 Å². The smallest absolute Gasteiger partial charge is 0.236 e. The van der Waals surface area contributed by atoms with Gasteiger partial charge in [-0.15, -0.1) is 0 Å². The van der Waals surface area contributed by atoms with Crippen LogP contribution in [0.3, 0.4) is 0 Å². The first-order valence-electron chi connectivity index (χ1n) is 14.8. The summed E-state index contributed by atoms with van der Waals surface area (Å²) in [6, 6.07) is 16.7. The number of ether oxygens (including phenoxy) is 3. The molecule has 228 valence electrons. The third-order valence-electron chi connectivity index (χ3n) is 7.13. The Labute approximate surface area is 260 Å². The van der Waals surface area contributed by atoms with Crippen LogP contribution in [0.2, 0.25) is 0 Å². The van der Waals surface area contributed by atoms with E-state index in [4.69, 9.17) is 44.1 Å². The maximum Gasteiger partial charge on any atom is 0.236 e. The first-order chi connectivity index (χ1) is 21.4. The molecule has 4 aromatic heterocycles. The van der Waals surface area contributed by atoms with E-state index in [1.165, 1.54) is 0 Å². The van der Waals surface area contributed by atoms with Crippen molar-refractivity contribution in [1.29, 1.82) is 0 Å². The van der Waals surface area contributed by atoms with Gasteiger partial charge < -0.3 is 14.2 Å². The van der Waals surface area contributed by atoms with Gasteiger partial charge in [0.05, 0.1) is 16.6 Å². The second-order valence-corrected chi connectivity index (χ2v) is 13.1. The molecule has 0 unspecified atom stereocenters. The van der Waals surface area contributed by atoms with E-state index < -0.39 is 0 Å². The molecule has 0 aliphatic carbocycles. The Bertz CT molecular complexity index is 1680. The molecule has 0 atom stereocenters. The van der Waals surface area contributed by atoms with Crippen molar-refractivity contribution in [3.8, 4) is 34.6 Å². The molecular formula is C33H33N9O3. The van der Waals surface area contributed by atoms with Gasteiger partial charge in [0.25, 0.3) is 0 Å². The molecule has 0 saturated heterocycles. The molecule has 3 aliphatic heterocycles. The summed E-state index contributed by atoms with van der Waals surface area (Å²) >= 11 is 0. The van der Waals surface area contributed by atoms with Crippen molar-refractivity contribution in [2.24, 2.45) is 15.0 Å². The van der Waals surface area contributed by atoms with Crippen LogP contribution in [0, 0.1) is 0 Å². The quantitative estimate of drug-likeness (QED) is 0.306. The van der Waals surface area contributed by atoms with Gasteiger partial charge in [-0.1, -0.05) is 18.2 Å². The van der Waals surface area contributed by atoms with Gasteiger partial charge >= 0.3 is 0 Å². The fourth-order valence-corrected chi connectivity index (χ4v) is 4.90. The Hall–Kier alpha value is -5.13. The van der Waals surface area contributed by atoms with E-state index in [0.29, 0.717) is 89.2 Å². The Morgan fingerprint density at radius 3 is 0.911 bits per heavy atom. The first-order valence-corrected chi connectivity index (χ1v) is 14.8. The van der Waals surface area contributed by atoms with E-state index >= 15 is 0 Å². The molecule has 0 amide bonds. The highest BCUT2D eigenvalue weighted by molar-refractivity contribution is 5.95. The van der Waals surface area contributed by atoms with Gasteiger partial charge in [0, 0.05) is 0 Å². The predicted molar refractivity (Wildman–Crippen MR) is 169 cm³/mol. The lowest BCUT2D eigenvalue weighted by Crippen LogP contribution is -2.17. The van der Waals surface area contributed by atoms with E-state index in [2.05, 4.69) is 15.0 Å². The number of aromatic nitrogens is 6. The summed E-state index contributed by atoms with van der Waals surface area (Å²) in [4.78, 5) is 43.0. The highest BCUT2D eigenvalue weighted by Crippen LogP contribution is 2.27. The first kappa shape index (κ1) is 28.6. The highest BCUT2D eigenvalue weighted by atomic mass is 16.5. The fourth-order valence-electron chi connectivity index (χ4n) is 4.90. The Morgan fingerprint density at radius 2 is 0.667 bits per heavy atom. The van der Waals surface area contributed by atoms with Crippen LogP contribution in [0.4, 0.5) is 0 Å². The molecule has 0 aromatic carbocycles. The summed E-state index contributed by atoms with van der Waals surface area (Å²) in [6.07, 6.45) is 0. The van der Waals surface area contributed by atoms with E-state index in [9.17, 15) is 0 Å². The van der Waals surface area contributed by atoms with Gasteiger partial charge in [0.1, 0.15) is 54.0 Å². The third kappa shape index (κ3) is 6.00. The van der Waals surface area contributed by atoms with Crippen LogP contribution >= 0.6 is 0 Å². The molecule has 7 rings (SSSR count). The van der Waals surface area contributed by atoms with E-state index in [-0.39, 0.29) is 16.6 Å². The van der Waals surface area contributed by atoms with E-state index in [1.807, 2.05) is 96.1 Å². The molecule has 0 radical (unpaired) electrons. The maximum absolute atomic E-state index is 5.85. The lowest BCUT2D eigenvalue weighted by Gasteiger charge is -2.09. The van der Waals surface area contributed by atoms with Crippen LogP contribution in [0.5, 0.6) is 0 Å². The monoisotopic (exact) mass is 603 g/mol. The topological polar surface area (TPSA) is 142 Å². The molecule has 0 spiro atoms. The molecule has 45 heavy (non-hydrogen) atoms. The molecule has 12 nitrogen and oxygen atoms in total. The number of pyridine rings is 3. The minimum atomic E-state index is -0.320. The standard InChI is InChI=1S/C33H33N9O3/c1-31(2)16-43-28(40-31)22-13-7-10-19(34-22)25-37-26(20-11-8-14-23(35-20)29-41-32(3,4)17-44-29)39-27(38-25)21-12-9-15-24(36-21)30-42-33(5,6)18-45-30/h7-15H,16-18H2,1-6H3. The second-order valence-electron chi connectivity index (χ2n) is 13.1. The van der Waals surface area contributed by atoms with Gasteiger partial charge in [0.15, 0.2) is 17.5 Å². The Morgan fingerprint density at radius 1 is 0.400 bits per heavy atom. The summed E-state index contributed by atoms with van der Waals surface area (Å²) in [6.45, 7) is 13.5. The van der Waals surface area contributed by atoms with Crippen LogP contribution in [0.25, 0.3) is 34.6 Å². The number of rotatable bonds is 6. The van der Waals surface area contributed by atoms with Crippen molar-refractivity contribution < 1.29 is 14.2 Å². The van der Waals surface area contributed by atoms with Crippen molar-refractivity contribution in [1.82, 2.24) is 29.9 Å². The summed E-state index contributed by atoms with van der Waals surface area (Å²) in [5.74, 6) is 2.50. The minimum Gasteiger partial charge on any atom is -0.474 e. The summed E-state index contributed by atoms with van der Waals surface area (Å²) in [5, 5.41) is 0. The van der Waals surface area contributed by atoms with Crippen LogP contribution in [-0.2, 0) is 14.2 Å². The van der Waals surface area contributed by atoms with Crippen molar-refractivity contribution in [3.05, 3.63) is 71.7 Å². The molecular weight excluding hydrogens is 570 g/mol. The van der Waals surface area contributed by atoms with Gasteiger partial charge in [-0.2, -0.15) is 0 Å². The summed E-state index contributed by atoms with van der Waals surface area (Å²) in [7, 11) is 0. The molecule has 12 heteroatoms. The molecule has 7 heterocycles. The highest BCUT2D eigenvalue weighted by Gasteiger charge is 2.30. The normalized spacial score (nSPS) is 19.2. The molecule has 0 saturated carbocycles. The number of nitrogens with zero attached hydrogens (tertiary/aromatic N) is 9. The number of hydrogen-bond acceptors (Lipinski definition) is 12. The molecule has 0 fully saturated rings. The van der Waals surface area contributed by atoms with Crippen LogP contribution in [0.1, 0.15) is 58.6 Å². The number of hydrogen-bond donors (Lipinski definition) is 0. The lowest BCUT2D eigenvalue weighted by molar-refractivity contribution is 0.279. The van der Waals surface area contributed by atoms with Gasteiger partial charge in [-0.3, -0.25) is 0 Å². The SMILES string of the molecule is CC1(C)COC(c2cccc(-c3nc(-c4cccc(C5=NC(C)(C)CO5)n4)nc(-c4cccc(C5=NC(C)(C)CO5)n4)n3)n2)=N1. The summed E-state index contributed by atoms with van der Waals surface area (Å²) < 4.78 is 17.6. The van der Waals surface area contributed by atoms with Crippen LogP contribution < -0.4 is 0 Å². The van der Waals surface area contributed by atoms with Crippen molar-refractivity contribution >= 4 is 17.7 Å². The Kier molecular flexibility index (Phi) is 6.68. The minimum absolute atomic E-state index is 0.320. The second kappa shape index (κ2) is 10.5. The molecule has 0 bridgehead atoms. The average Bonchev–Trinajstić information content (AvgIpc) is 3.71. The maximum atomic E-state index is 5.85. The Balaban J connectivity index is 1.34. The van der Waals surface area contributed by atoms with E-state index in [0.717, 1.165) is 0 Å².